The van der Waals surface area contributed by atoms with E-state index >= 15 is 0 Å². The van der Waals surface area contributed by atoms with Gasteiger partial charge >= 0.3 is 0 Å². The average molecular weight is 594 g/mol. The molecule has 3 N–H and O–H groups in total. The average Bonchev–Trinajstić information content (AvgIpc) is 3.56. The number of benzene rings is 2. The molecule has 43 heavy (non-hydrogen) atoms. The van der Waals surface area contributed by atoms with Crippen LogP contribution in [0.25, 0.3) is 0 Å². The zero-order valence-electron chi connectivity index (χ0n) is 25.2. The van der Waals surface area contributed by atoms with E-state index in [-0.39, 0.29) is 35.8 Å². The van der Waals surface area contributed by atoms with Crippen LogP contribution in [0.4, 0.5) is 10.1 Å². The largest absolute Gasteiger partial charge is 0.489 e. The Kier molecular flexibility index (Phi) is 10.3. The summed E-state index contributed by atoms with van der Waals surface area (Å²) in [4.78, 5) is 44.2. The number of carbonyl (C=O) groups is 3. The Balaban J connectivity index is 1.24. The molecule has 5 rings (SSSR count). The van der Waals surface area contributed by atoms with Gasteiger partial charge in [-0.1, -0.05) is 19.3 Å². The molecule has 2 aromatic carbocycles. The molecule has 0 unspecified atom stereocenters. The highest BCUT2D eigenvalue weighted by Gasteiger charge is 2.29. The zero-order valence-corrected chi connectivity index (χ0v) is 25.2. The van der Waals surface area contributed by atoms with Crippen LogP contribution in [0.2, 0.25) is 0 Å². The van der Waals surface area contributed by atoms with Crippen molar-refractivity contribution < 1.29 is 23.5 Å². The van der Waals surface area contributed by atoms with Gasteiger partial charge in [0, 0.05) is 63.0 Å². The van der Waals surface area contributed by atoms with E-state index < -0.39 is 5.82 Å². The summed E-state index contributed by atoms with van der Waals surface area (Å²) in [5, 5.41) is 3.36. The second-order valence-electron chi connectivity index (χ2n) is 11.9. The fourth-order valence-electron chi connectivity index (χ4n) is 6.36. The Hall–Kier alpha value is -3.50. The summed E-state index contributed by atoms with van der Waals surface area (Å²) >= 11 is 0. The van der Waals surface area contributed by atoms with E-state index in [4.69, 9.17) is 10.5 Å². The monoisotopic (exact) mass is 593 g/mol. The molecule has 2 aromatic rings. The molecule has 1 saturated carbocycles. The Morgan fingerprint density at radius 3 is 2.30 bits per heavy atom. The van der Waals surface area contributed by atoms with Gasteiger partial charge in [0.05, 0.1) is 0 Å². The minimum absolute atomic E-state index is 0.0519. The fraction of sp³-hybridized carbons (Fsp3) is 0.545. The molecule has 1 atom stereocenters. The Morgan fingerprint density at radius 1 is 0.953 bits per heavy atom. The predicted octanol–water partition coefficient (Wildman–Crippen LogP) is 3.91. The standard InChI is InChI=1S/C33H44FN5O4/c1-37(31(40)8-5-12-35)27-19-25(18-26(34)21-27)33(42)39-16-14-38(15-17-39)32(41)24-9-10-30(43-28-11-13-36-22-28)29(20-24)23-6-3-2-4-7-23/h9-10,18-21,23,28,36H,2-8,11-17,22,35H2,1H3/t28-/m0/s1. The number of halogens is 1. The van der Waals surface area contributed by atoms with E-state index in [1.54, 1.807) is 22.9 Å². The first-order chi connectivity index (χ1) is 20.8. The highest BCUT2D eigenvalue weighted by atomic mass is 19.1. The SMILES string of the molecule is CN(C(=O)CCCN)c1cc(F)cc(C(=O)N2CCN(C(=O)c3ccc(O[C@H]4CCNC4)c(C4CCCCC4)c3)CC2)c1. The van der Waals surface area contributed by atoms with Crippen molar-refractivity contribution >= 4 is 23.4 Å². The van der Waals surface area contributed by atoms with Crippen LogP contribution in [0.15, 0.2) is 36.4 Å². The third kappa shape index (κ3) is 7.54. The summed E-state index contributed by atoms with van der Waals surface area (Å²) in [5.74, 6) is 0.143. The zero-order chi connectivity index (χ0) is 30.3. The molecule has 0 bridgehead atoms. The molecule has 9 nitrogen and oxygen atoms in total. The van der Waals surface area contributed by atoms with Gasteiger partial charge < -0.3 is 30.5 Å². The predicted molar refractivity (Wildman–Crippen MR) is 164 cm³/mol. The number of piperazine rings is 1. The lowest BCUT2D eigenvalue weighted by Gasteiger charge is -2.35. The van der Waals surface area contributed by atoms with Crippen molar-refractivity contribution in [2.75, 3.05) is 57.8 Å². The number of hydrogen-bond acceptors (Lipinski definition) is 6. The molecule has 0 radical (unpaired) electrons. The number of rotatable bonds is 9. The summed E-state index contributed by atoms with van der Waals surface area (Å²) in [6, 6.07) is 9.85. The van der Waals surface area contributed by atoms with Crippen molar-refractivity contribution in [3.05, 3.63) is 58.9 Å². The second-order valence-corrected chi connectivity index (χ2v) is 11.9. The van der Waals surface area contributed by atoms with Gasteiger partial charge in [0.15, 0.2) is 0 Å². The third-order valence-corrected chi connectivity index (χ3v) is 8.95. The number of hydrogen-bond donors (Lipinski definition) is 2. The van der Waals surface area contributed by atoms with Crippen LogP contribution in [0, 0.1) is 5.82 Å². The highest BCUT2D eigenvalue weighted by Crippen LogP contribution is 2.39. The lowest BCUT2D eigenvalue weighted by Crippen LogP contribution is -2.50. The van der Waals surface area contributed by atoms with Gasteiger partial charge in [0.1, 0.15) is 17.7 Å². The molecule has 232 valence electrons. The van der Waals surface area contributed by atoms with Crippen molar-refractivity contribution in [2.24, 2.45) is 5.73 Å². The fourth-order valence-corrected chi connectivity index (χ4v) is 6.36. The van der Waals surface area contributed by atoms with E-state index in [0.717, 1.165) is 43.7 Å². The Labute approximate surface area is 253 Å². The number of ether oxygens (including phenoxy) is 1. The molecule has 0 spiro atoms. The van der Waals surface area contributed by atoms with Crippen LogP contribution in [0.3, 0.4) is 0 Å². The summed E-state index contributed by atoms with van der Waals surface area (Å²) in [5.41, 5.74) is 7.79. The van der Waals surface area contributed by atoms with Gasteiger partial charge in [-0.15, -0.1) is 0 Å². The molecule has 2 aliphatic heterocycles. The van der Waals surface area contributed by atoms with Crippen molar-refractivity contribution in [2.45, 2.75) is 63.4 Å². The number of nitrogens with one attached hydrogen (secondary N) is 1. The molecule has 3 amide bonds. The quantitative estimate of drug-likeness (QED) is 0.457. The van der Waals surface area contributed by atoms with Gasteiger partial charge in [-0.3, -0.25) is 14.4 Å². The summed E-state index contributed by atoms with van der Waals surface area (Å²) in [6.45, 7) is 3.64. The van der Waals surface area contributed by atoms with Crippen molar-refractivity contribution in [1.29, 1.82) is 0 Å². The maximum absolute atomic E-state index is 14.5. The highest BCUT2D eigenvalue weighted by molar-refractivity contribution is 5.98. The molecule has 3 fully saturated rings. The Bertz CT molecular complexity index is 1300. The van der Waals surface area contributed by atoms with Gasteiger partial charge in [-0.05, 0) is 86.7 Å². The Morgan fingerprint density at radius 2 is 1.65 bits per heavy atom. The lowest BCUT2D eigenvalue weighted by molar-refractivity contribution is -0.118. The number of carbonyl (C=O) groups excluding carboxylic acids is 3. The van der Waals surface area contributed by atoms with Gasteiger partial charge in [-0.2, -0.15) is 0 Å². The minimum Gasteiger partial charge on any atom is -0.489 e. The second kappa shape index (κ2) is 14.3. The van der Waals surface area contributed by atoms with Gasteiger partial charge in [0.25, 0.3) is 11.8 Å². The maximum Gasteiger partial charge on any atom is 0.254 e. The summed E-state index contributed by atoms with van der Waals surface area (Å²) in [7, 11) is 1.57. The van der Waals surface area contributed by atoms with E-state index in [0.29, 0.717) is 56.3 Å². The van der Waals surface area contributed by atoms with Crippen molar-refractivity contribution in [3.8, 4) is 5.75 Å². The number of amides is 3. The van der Waals surface area contributed by atoms with Crippen molar-refractivity contribution in [3.63, 3.8) is 0 Å². The van der Waals surface area contributed by atoms with E-state index in [1.165, 1.54) is 36.3 Å². The molecular weight excluding hydrogens is 549 g/mol. The van der Waals surface area contributed by atoms with E-state index in [2.05, 4.69) is 5.32 Å². The van der Waals surface area contributed by atoms with Gasteiger partial charge in [-0.25, -0.2) is 4.39 Å². The molecule has 2 heterocycles. The third-order valence-electron chi connectivity index (χ3n) is 8.95. The first-order valence-corrected chi connectivity index (χ1v) is 15.7. The van der Waals surface area contributed by atoms with Crippen LogP contribution >= 0.6 is 0 Å². The van der Waals surface area contributed by atoms with E-state index in [9.17, 15) is 18.8 Å². The number of anilines is 1. The summed E-state index contributed by atoms with van der Waals surface area (Å²) < 4.78 is 20.9. The molecule has 2 saturated heterocycles. The topological polar surface area (TPSA) is 108 Å². The molecule has 1 aliphatic carbocycles. The van der Waals surface area contributed by atoms with Crippen LogP contribution in [0.5, 0.6) is 5.75 Å². The van der Waals surface area contributed by atoms with Crippen molar-refractivity contribution in [1.82, 2.24) is 15.1 Å². The minimum atomic E-state index is -0.585. The summed E-state index contributed by atoms with van der Waals surface area (Å²) in [6.07, 6.45) is 7.77. The van der Waals surface area contributed by atoms with Crippen LogP contribution < -0.4 is 20.7 Å². The number of nitrogens with zero attached hydrogens (tertiary/aromatic N) is 3. The first kappa shape index (κ1) is 30.9. The molecule has 0 aromatic heterocycles. The van der Waals surface area contributed by atoms with Crippen LogP contribution in [-0.2, 0) is 4.79 Å². The normalized spacial score (nSPS) is 19.4. The van der Waals surface area contributed by atoms with Gasteiger partial charge in [0.2, 0.25) is 5.91 Å². The smallest absolute Gasteiger partial charge is 0.254 e. The maximum atomic E-state index is 14.5. The molecule has 10 heteroatoms. The van der Waals surface area contributed by atoms with E-state index in [1.807, 2.05) is 18.2 Å². The van der Waals surface area contributed by atoms with Crippen LogP contribution in [0.1, 0.15) is 83.6 Å². The lowest BCUT2D eigenvalue weighted by atomic mass is 9.83. The first-order valence-electron chi connectivity index (χ1n) is 15.7. The van der Waals surface area contributed by atoms with Crippen LogP contribution in [-0.4, -0.2) is 86.5 Å². The molecular formula is C33H44FN5O4. The number of nitrogens with two attached hydrogens (primary N) is 1. The molecule has 3 aliphatic rings.